The van der Waals surface area contributed by atoms with Crippen molar-refractivity contribution < 1.29 is 14.4 Å². The lowest BCUT2D eigenvalue weighted by Gasteiger charge is -2.33. The van der Waals surface area contributed by atoms with Gasteiger partial charge in [-0.15, -0.1) is 0 Å². The van der Waals surface area contributed by atoms with Gasteiger partial charge in [-0.1, -0.05) is 67.4 Å². The number of amides is 3. The van der Waals surface area contributed by atoms with Gasteiger partial charge in [-0.2, -0.15) is 0 Å². The topological polar surface area (TPSA) is 69.7 Å². The molecule has 1 N–H and O–H groups in total. The molecule has 0 radical (unpaired) electrons. The zero-order chi connectivity index (χ0) is 26.0. The monoisotopic (exact) mass is 525 g/mol. The maximum atomic E-state index is 13.8. The molecular formula is C28H29Cl2N3O3. The van der Waals surface area contributed by atoms with Crippen molar-refractivity contribution in [1.29, 1.82) is 0 Å². The normalized spacial score (nSPS) is 14.1. The molecule has 8 heteroatoms. The summed E-state index contributed by atoms with van der Waals surface area (Å²) < 4.78 is 0. The molecule has 0 aliphatic carbocycles. The number of halogens is 2. The van der Waals surface area contributed by atoms with Crippen molar-refractivity contribution in [2.24, 2.45) is 0 Å². The molecule has 6 nitrogen and oxygen atoms in total. The van der Waals surface area contributed by atoms with Crippen LogP contribution >= 0.6 is 23.2 Å². The van der Waals surface area contributed by atoms with Crippen LogP contribution in [0, 0.1) is 0 Å². The molecule has 36 heavy (non-hydrogen) atoms. The van der Waals surface area contributed by atoms with Crippen molar-refractivity contribution in [3.63, 3.8) is 0 Å². The van der Waals surface area contributed by atoms with Crippen molar-refractivity contribution in [3.05, 3.63) is 75.8 Å². The van der Waals surface area contributed by atoms with E-state index in [1.165, 1.54) is 9.80 Å². The molecule has 4 rings (SSSR count). The maximum Gasteiger partial charge on any atom is 0.259 e. The third kappa shape index (κ3) is 5.06. The summed E-state index contributed by atoms with van der Waals surface area (Å²) in [5, 5.41) is 5.56. The van der Waals surface area contributed by atoms with Crippen LogP contribution < -0.4 is 10.2 Å². The molecule has 0 bridgehead atoms. The first-order valence-corrected chi connectivity index (χ1v) is 12.9. The van der Waals surface area contributed by atoms with Gasteiger partial charge in [0.15, 0.2) is 0 Å². The summed E-state index contributed by atoms with van der Waals surface area (Å²) >= 11 is 12.3. The number of hydrogen-bond donors (Lipinski definition) is 1. The fourth-order valence-electron chi connectivity index (χ4n) is 4.56. The molecule has 0 saturated carbocycles. The van der Waals surface area contributed by atoms with Gasteiger partial charge in [0.25, 0.3) is 5.91 Å². The molecule has 3 aromatic carbocycles. The molecule has 0 saturated heterocycles. The predicted molar refractivity (Wildman–Crippen MR) is 145 cm³/mol. The molecule has 3 aromatic rings. The van der Waals surface area contributed by atoms with Crippen molar-refractivity contribution in [2.75, 3.05) is 11.4 Å². The average molecular weight is 526 g/mol. The maximum absolute atomic E-state index is 13.8. The molecule has 188 valence electrons. The molecule has 0 aromatic heterocycles. The summed E-state index contributed by atoms with van der Waals surface area (Å²) in [4.78, 5) is 43.3. The van der Waals surface area contributed by atoms with E-state index >= 15 is 0 Å². The van der Waals surface area contributed by atoms with E-state index in [1.54, 1.807) is 24.3 Å². The van der Waals surface area contributed by atoms with Crippen LogP contribution in [0.15, 0.2) is 54.6 Å². The minimum atomic E-state index is -0.711. The van der Waals surface area contributed by atoms with Crippen LogP contribution in [0.1, 0.15) is 49.5 Å². The van der Waals surface area contributed by atoms with E-state index < -0.39 is 6.04 Å². The summed E-state index contributed by atoms with van der Waals surface area (Å²) in [6.07, 6.45) is 1.19. The SMILES string of the molecule is CC[C@@H](C)NC(=O)[C@@H](CC)N(Cc1ccc(Cl)c(Cl)c1)C(=O)CN1C(=O)c2cccc3cccc1c23. The number of rotatable bonds is 9. The first kappa shape index (κ1) is 26.0. The first-order valence-electron chi connectivity index (χ1n) is 12.1. The van der Waals surface area contributed by atoms with E-state index in [-0.39, 0.29) is 36.9 Å². The summed E-state index contributed by atoms with van der Waals surface area (Å²) in [5.41, 5.74) is 2.02. The highest BCUT2D eigenvalue weighted by molar-refractivity contribution is 6.42. The second kappa shape index (κ2) is 10.9. The van der Waals surface area contributed by atoms with Crippen molar-refractivity contribution in [2.45, 2.75) is 52.2 Å². The van der Waals surface area contributed by atoms with Gasteiger partial charge < -0.3 is 10.2 Å². The second-order valence-electron chi connectivity index (χ2n) is 9.08. The molecule has 1 aliphatic rings. The fourth-order valence-corrected chi connectivity index (χ4v) is 4.88. The van der Waals surface area contributed by atoms with Crippen LogP contribution in [-0.4, -0.2) is 41.2 Å². The number of anilines is 1. The number of nitrogens with one attached hydrogen (secondary N) is 1. The lowest BCUT2D eigenvalue weighted by Crippen LogP contribution is -2.53. The van der Waals surface area contributed by atoms with Gasteiger partial charge in [-0.3, -0.25) is 19.3 Å². The van der Waals surface area contributed by atoms with Crippen LogP contribution in [0.2, 0.25) is 10.0 Å². The Morgan fingerprint density at radius 2 is 1.72 bits per heavy atom. The molecule has 1 aliphatic heterocycles. The molecule has 1 heterocycles. The van der Waals surface area contributed by atoms with Crippen LogP contribution in [0.25, 0.3) is 10.8 Å². The highest BCUT2D eigenvalue weighted by atomic mass is 35.5. The van der Waals surface area contributed by atoms with E-state index in [9.17, 15) is 14.4 Å². The lowest BCUT2D eigenvalue weighted by atomic mass is 10.1. The highest BCUT2D eigenvalue weighted by Gasteiger charge is 2.35. The summed E-state index contributed by atoms with van der Waals surface area (Å²) in [5.74, 6) is -0.773. The predicted octanol–water partition coefficient (Wildman–Crippen LogP) is 5.83. The average Bonchev–Trinajstić information content (AvgIpc) is 3.13. The number of hydrogen-bond acceptors (Lipinski definition) is 3. The van der Waals surface area contributed by atoms with E-state index in [4.69, 9.17) is 23.2 Å². The largest absolute Gasteiger partial charge is 0.352 e. The van der Waals surface area contributed by atoms with Gasteiger partial charge >= 0.3 is 0 Å². The van der Waals surface area contributed by atoms with Crippen LogP contribution in [0.3, 0.4) is 0 Å². The van der Waals surface area contributed by atoms with Gasteiger partial charge in [0.2, 0.25) is 11.8 Å². The van der Waals surface area contributed by atoms with E-state index in [0.29, 0.717) is 27.7 Å². The number of carbonyl (C=O) groups excluding carboxylic acids is 3. The van der Waals surface area contributed by atoms with Gasteiger partial charge in [0.05, 0.1) is 15.7 Å². The Kier molecular flexibility index (Phi) is 7.86. The third-order valence-corrected chi connectivity index (χ3v) is 7.41. The summed E-state index contributed by atoms with van der Waals surface area (Å²) in [6.45, 7) is 5.76. The minimum absolute atomic E-state index is 0.0271. The van der Waals surface area contributed by atoms with E-state index in [2.05, 4.69) is 5.32 Å². The molecule has 2 atom stereocenters. The van der Waals surface area contributed by atoms with Crippen LogP contribution in [0.5, 0.6) is 0 Å². The molecule has 0 unspecified atom stereocenters. The van der Waals surface area contributed by atoms with Crippen molar-refractivity contribution >= 4 is 57.4 Å². The molecule has 0 fully saturated rings. The Balaban J connectivity index is 1.66. The standard InChI is InChI=1S/C28H29Cl2N3O3/c1-4-17(3)31-27(35)23(5-2)32(15-18-12-13-21(29)22(30)14-18)25(34)16-33-24-11-7-9-19-8-6-10-20(26(19)24)28(33)36/h6-14,17,23H,4-5,15-16H2,1-3H3,(H,31,35)/t17-,23-/m1/s1. The Bertz CT molecular complexity index is 1320. The zero-order valence-corrected chi connectivity index (χ0v) is 22.1. The summed E-state index contributed by atoms with van der Waals surface area (Å²) in [7, 11) is 0. The molecule has 0 spiro atoms. The quantitative estimate of drug-likeness (QED) is 0.382. The van der Waals surface area contributed by atoms with Crippen LogP contribution in [-0.2, 0) is 16.1 Å². The van der Waals surface area contributed by atoms with Gasteiger partial charge in [-0.25, -0.2) is 0 Å². The van der Waals surface area contributed by atoms with Gasteiger partial charge in [0, 0.05) is 23.5 Å². The van der Waals surface area contributed by atoms with Gasteiger partial charge in [-0.05, 0) is 55.0 Å². The Labute approximate surface area is 221 Å². The van der Waals surface area contributed by atoms with Crippen molar-refractivity contribution in [3.8, 4) is 0 Å². The summed E-state index contributed by atoms with van der Waals surface area (Å²) in [6, 6.07) is 15.6. The second-order valence-corrected chi connectivity index (χ2v) is 9.90. The Morgan fingerprint density at radius 1 is 1.00 bits per heavy atom. The third-order valence-electron chi connectivity index (χ3n) is 6.67. The Hall–Kier alpha value is -3.09. The smallest absolute Gasteiger partial charge is 0.259 e. The fraction of sp³-hybridized carbons (Fsp3) is 0.321. The first-order chi connectivity index (χ1) is 17.2. The highest BCUT2D eigenvalue weighted by Crippen LogP contribution is 2.37. The zero-order valence-electron chi connectivity index (χ0n) is 20.6. The van der Waals surface area contributed by atoms with Crippen LogP contribution in [0.4, 0.5) is 5.69 Å². The number of nitrogens with zero attached hydrogens (tertiary/aromatic N) is 2. The lowest BCUT2D eigenvalue weighted by molar-refractivity contribution is -0.140. The number of carbonyl (C=O) groups is 3. The van der Waals surface area contributed by atoms with E-state index in [0.717, 1.165) is 22.8 Å². The molecular weight excluding hydrogens is 497 g/mol. The van der Waals surface area contributed by atoms with E-state index in [1.807, 2.05) is 51.1 Å². The Morgan fingerprint density at radius 3 is 2.39 bits per heavy atom. The van der Waals surface area contributed by atoms with Crippen molar-refractivity contribution in [1.82, 2.24) is 10.2 Å². The molecule has 3 amide bonds. The van der Waals surface area contributed by atoms with Gasteiger partial charge in [0.1, 0.15) is 12.6 Å². The number of benzene rings is 3. The minimum Gasteiger partial charge on any atom is -0.352 e.